The van der Waals surface area contributed by atoms with Crippen LogP contribution < -0.4 is 15.4 Å². The van der Waals surface area contributed by atoms with Crippen molar-refractivity contribution in [3.05, 3.63) is 23.8 Å². The van der Waals surface area contributed by atoms with Gasteiger partial charge in [0.05, 0.1) is 30.0 Å². The molecule has 0 bridgehead atoms. The highest BCUT2D eigenvalue weighted by Crippen LogP contribution is 2.30. The van der Waals surface area contributed by atoms with E-state index in [0.29, 0.717) is 17.0 Å². The molecule has 1 fully saturated rings. The quantitative estimate of drug-likeness (QED) is 0.872. The van der Waals surface area contributed by atoms with E-state index in [9.17, 15) is 4.79 Å². The molecule has 1 aromatic rings. The predicted octanol–water partition coefficient (Wildman–Crippen LogP) is 2.43. The Bertz CT molecular complexity index is 557. The molecule has 2 rings (SSSR count). The smallest absolute Gasteiger partial charge is 0.244 e. The highest BCUT2D eigenvalue weighted by atomic mass is 16.5. The zero-order valence-electron chi connectivity index (χ0n) is 12.5. The van der Waals surface area contributed by atoms with Gasteiger partial charge in [-0.1, -0.05) is 13.3 Å². The number of amides is 1. The summed E-state index contributed by atoms with van der Waals surface area (Å²) < 4.78 is 5.26. The summed E-state index contributed by atoms with van der Waals surface area (Å²) in [4.78, 5) is 12.7. The van der Waals surface area contributed by atoms with E-state index >= 15 is 0 Å². The topological polar surface area (TPSA) is 74.2 Å². The Hall–Kier alpha value is -2.06. The second kappa shape index (κ2) is 6.59. The Morgan fingerprint density at radius 1 is 1.57 bits per heavy atom. The Balaban J connectivity index is 2.21. The van der Waals surface area contributed by atoms with Crippen molar-refractivity contribution in [2.45, 2.75) is 38.1 Å². The number of anilines is 1. The number of rotatable bonds is 5. The van der Waals surface area contributed by atoms with Gasteiger partial charge in [0.1, 0.15) is 5.75 Å². The van der Waals surface area contributed by atoms with Gasteiger partial charge in [-0.05, 0) is 37.9 Å². The van der Waals surface area contributed by atoms with Crippen LogP contribution in [0.25, 0.3) is 0 Å². The first-order chi connectivity index (χ1) is 10.1. The molecule has 0 spiro atoms. The Morgan fingerprint density at radius 2 is 2.38 bits per heavy atom. The normalized spacial score (nSPS) is 20.8. The van der Waals surface area contributed by atoms with Gasteiger partial charge in [0.2, 0.25) is 5.91 Å². The van der Waals surface area contributed by atoms with Crippen molar-refractivity contribution < 1.29 is 9.53 Å². The van der Waals surface area contributed by atoms with Crippen LogP contribution in [0, 0.1) is 11.3 Å². The fourth-order valence-electron chi connectivity index (χ4n) is 2.86. The fourth-order valence-corrected chi connectivity index (χ4v) is 2.86. The zero-order chi connectivity index (χ0) is 15.3. The van der Waals surface area contributed by atoms with Gasteiger partial charge in [-0.15, -0.1) is 0 Å². The first-order valence-electron chi connectivity index (χ1n) is 7.30. The van der Waals surface area contributed by atoms with Crippen LogP contribution in [0.3, 0.4) is 0 Å². The molecule has 2 N–H and O–H groups in total. The fraction of sp³-hybridized carbons (Fsp3) is 0.500. The largest absolute Gasteiger partial charge is 0.495 e. The van der Waals surface area contributed by atoms with Crippen molar-refractivity contribution >= 4 is 11.6 Å². The highest BCUT2D eigenvalue weighted by Gasteiger charge is 2.40. The van der Waals surface area contributed by atoms with Gasteiger partial charge in [0.15, 0.2) is 0 Å². The molecular formula is C16H21N3O2. The standard InChI is InChI=1S/C16H21N3O2/c1-3-7-16(8-4-9-18-16)15(20)19-13-6-5-12(11-17)10-14(13)21-2/h5-6,10,18H,3-4,7-9H2,1-2H3,(H,19,20). The summed E-state index contributed by atoms with van der Waals surface area (Å²) in [5.41, 5.74) is 0.631. The number of hydrogen-bond donors (Lipinski definition) is 2. The lowest BCUT2D eigenvalue weighted by molar-refractivity contribution is -0.122. The van der Waals surface area contributed by atoms with Crippen LogP contribution in [-0.4, -0.2) is 25.1 Å². The monoisotopic (exact) mass is 287 g/mol. The van der Waals surface area contributed by atoms with Crippen LogP contribution in [-0.2, 0) is 4.79 Å². The minimum Gasteiger partial charge on any atom is -0.495 e. The average molecular weight is 287 g/mol. The van der Waals surface area contributed by atoms with Gasteiger partial charge in [0.25, 0.3) is 0 Å². The lowest BCUT2D eigenvalue weighted by Crippen LogP contribution is -2.50. The molecule has 1 aromatic carbocycles. The lowest BCUT2D eigenvalue weighted by Gasteiger charge is -2.28. The van der Waals surface area contributed by atoms with E-state index in [0.717, 1.165) is 32.2 Å². The van der Waals surface area contributed by atoms with Gasteiger partial charge in [0, 0.05) is 6.07 Å². The molecule has 5 nitrogen and oxygen atoms in total. The number of methoxy groups -OCH3 is 1. The summed E-state index contributed by atoms with van der Waals surface area (Å²) in [7, 11) is 1.53. The van der Waals surface area contributed by atoms with E-state index in [-0.39, 0.29) is 5.91 Å². The Labute approximate surface area is 125 Å². The SMILES string of the molecule is CCCC1(C(=O)Nc2ccc(C#N)cc2OC)CCCN1. The molecule has 1 amide bonds. The highest BCUT2D eigenvalue weighted by molar-refractivity contribution is 5.99. The number of nitrogens with one attached hydrogen (secondary N) is 2. The van der Waals surface area contributed by atoms with E-state index < -0.39 is 5.54 Å². The summed E-state index contributed by atoms with van der Waals surface area (Å²) in [5, 5.41) is 15.2. The Kier molecular flexibility index (Phi) is 4.81. The van der Waals surface area contributed by atoms with Gasteiger partial charge in [-0.25, -0.2) is 0 Å². The second-order valence-electron chi connectivity index (χ2n) is 5.34. The minimum absolute atomic E-state index is 0.0233. The van der Waals surface area contributed by atoms with Gasteiger partial charge in [-0.3, -0.25) is 4.79 Å². The molecule has 5 heteroatoms. The first kappa shape index (κ1) is 15.3. The third kappa shape index (κ3) is 3.17. The maximum absolute atomic E-state index is 12.7. The van der Waals surface area contributed by atoms with Gasteiger partial charge < -0.3 is 15.4 Å². The summed E-state index contributed by atoms with van der Waals surface area (Å²) in [6.07, 6.45) is 3.63. The number of carbonyl (C=O) groups is 1. The van der Waals surface area contributed by atoms with E-state index in [1.165, 1.54) is 7.11 Å². The first-order valence-corrected chi connectivity index (χ1v) is 7.30. The third-order valence-corrected chi connectivity index (χ3v) is 3.93. The maximum atomic E-state index is 12.7. The molecule has 1 aliphatic rings. The summed E-state index contributed by atoms with van der Waals surface area (Å²) in [5.74, 6) is 0.483. The molecule has 1 atom stereocenters. The van der Waals surface area contributed by atoms with Crippen LogP contribution in [0.2, 0.25) is 0 Å². The lowest BCUT2D eigenvalue weighted by atomic mass is 9.90. The van der Waals surface area contributed by atoms with Crippen molar-refractivity contribution in [3.63, 3.8) is 0 Å². The molecule has 0 aliphatic carbocycles. The number of nitriles is 1. The van der Waals surface area contributed by atoms with Crippen LogP contribution >= 0.6 is 0 Å². The average Bonchev–Trinajstić information content (AvgIpc) is 2.98. The van der Waals surface area contributed by atoms with E-state index in [1.807, 2.05) is 0 Å². The van der Waals surface area contributed by atoms with Crippen LogP contribution in [0.4, 0.5) is 5.69 Å². The third-order valence-electron chi connectivity index (χ3n) is 3.93. The summed E-state index contributed by atoms with van der Waals surface area (Å²) in [6.45, 7) is 2.95. The van der Waals surface area contributed by atoms with Crippen LogP contribution in [0.15, 0.2) is 18.2 Å². The molecular weight excluding hydrogens is 266 g/mol. The van der Waals surface area contributed by atoms with Crippen molar-refractivity contribution in [3.8, 4) is 11.8 Å². The van der Waals surface area contributed by atoms with Gasteiger partial charge >= 0.3 is 0 Å². The molecule has 1 saturated heterocycles. The molecule has 21 heavy (non-hydrogen) atoms. The van der Waals surface area contributed by atoms with E-state index in [2.05, 4.69) is 23.6 Å². The molecule has 0 radical (unpaired) electrons. The maximum Gasteiger partial charge on any atom is 0.244 e. The minimum atomic E-state index is -0.479. The summed E-state index contributed by atoms with van der Waals surface area (Å²) >= 11 is 0. The second-order valence-corrected chi connectivity index (χ2v) is 5.34. The van der Waals surface area contributed by atoms with Crippen LogP contribution in [0.5, 0.6) is 5.75 Å². The molecule has 112 valence electrons. The van der Waals surface area contributed by atoms with Crippen molar-refractivity contribution in [1.82, 2.24) is 5.32 Å². The molecule has 1 aliphatic heterocycles. The Morgan fingerprint density at radius 3 is 2.95 bits per heavy atom. The molecule has 0 saturated carbocycles. The predicted molar refractivity (Wildman–Crippen MR) is 81.2 cm³/mol. The zero-order valence-corrected chi connectivity index (χ0v) is 12.5. The van der Waals surface area contributed by atoms with Crippen molar-refractivity contribution in [2.24, 2.45) is 0 Å². The number of nitrogens with zero attached hydrogens (tertiary/aromatic N) is 1. The van der Waals surface area contributed by atoms with E-state index in [4.69, 9.17) is 10.00 Å². The molecule has 1 unspecified atom stereocenters. The number of hydrogen-bond acceptors (Lipinski definition) is 4. The van der Waals surface area contributed by atoms with E-state index in [1.54, 1.807) is 18.2 Å². The van der Waals surface area contributed by atoms with Gasteiger partial charge in [-0.2, -0.15) is 5.26 Å². The molecule has 0 aromatic heterocycles. The number of benzene rings is 1. The van der Waals surface area contributed by atoms with Crippen molar-refractivity contribution in [1.29, 1.82) is 5.26 Å². The number of ether oxygens (including phenoxy) is 1. The summed E-state index contributed by atoms with van der Waals surface area (Å²) in [6, 6.07) is 7.07. The van der Waals surface area contributed by atoms with Crippen molar-refractivity contribution in [2.75, 3.05) is 19.0 Å². The van der Waals surface area contributed by atoms with Crippen LogP contribution in [0.1, 0.15) is 38.2 Å². The number of carbonyl (C=O) groups excluding carboxylic acids is 1. The molecule has 1 heterocycles.